The number of alkyl halides is 1. The van der Waals surface area contributed by atoms with E-state index < -0.39 is 32.3 Å². The van der Waals surface area contributed by atoms with Gasteiger partial charge in [0.1, 0.15) is 20.7 Å². The Morgan fingerprint density at radius 3 is 2.82 bits per heavy atom. The molecule has 1 aliphatic heterocycles. The molecule has 1 aromatic heterocycles. The molecule has 1 aliphatic carbocycles. The van der Waals surface area contributed by atoms with Crippen molar-refractivity contribution < 1.29 is 23.2 Å². The average Bonchev–Trinajstić information content (AvgIpc) is 3.40. The van der Waals surface area contributed by atoms with Gasteiger partial charge in [-0.3, -0.25) is 0 Å². The molecule has 0 bridgehead atoms. The van der Waals surface area contributed by atoms with Gasteiger partial charge in [-0.05, 0) is 61.9 Å². The van der Waals surface area contributed by atoms with Crippen molar-refractivity contribution in [3.05, 3.63) is 52.6 Å². The highest BCUT2D eigenvalue weighted by molar-refractivity contribution is 8.16. The number of nitrogens with one attached hydrogen (secondary N) is 1. The number of urea groups is 1. The molecule has 11 heteroatoms. The summed E-state index contributed by atoms with van der Waals surface area (Å²) in [5, 5.41) is 18.8. The van der Waals surface area contributed by atoms with Crippen LogP contribution in [0.25, 0.3) is 11.1 Å². The first kappa shape index (κ1) is 24.6. The zero-order chi connectivity index (χ0) is 24.7. The third kappa shape index (κ3) is 4.97. The molecule has 2 heterocycles. The lowest BCUT2D eigenvalue weighted by atomic mass is 9.98. The van der Waals surface area contributed by atoms with E-state index in [1.54, 1.807) is 18.3 Å². The van der Waals surface area contributed by atoms with E-state index in [1.807, 2.05) is 12.1 Å². The number of nitrogens with zero attached hydrogens (tertiary/aromatic N) is 2. The van der Waals surface area contributed by atoms with Gasteiger partial charge in [0.25, 0.3) is 0 Å². The maximum absolute atomic E-state index is 14.6. The standard InChI is InChI=1S/C23H27FN4O4S2/c1-23(2,30)18-12-17(24)21(33-18)34(25,31)28-22(29)27-20-15-6-4-5-13(15)7-8-16(20)14-9-10-26-19(11-14)32-3/h7-12,17,21,30H,4-6H2,1-3H3,(H3,25,27,28,29,31). The molecule has 0 fully saturated rings. The number of hydrogen-bond acceptors (Lipinski definition) is 6. The summed E-state index contributed by atoms with van der Waals surface area (Å²) in [6, 6.07) is 6.56. The highest BCUT2D eigenvalue weighted by atomic mass is 32.3. The predicted octanol–water partition coefficient (Wildman–Crippen LogP) is 4.19. The lowest BCUT2D eigenvalue weighted by Crippen LogP contribution is -2.32. The summed E-state index contributed by atoms with van der Waals surface area (Å²) in [5.41, 5.74) is 2.84. The van der Waals surface area contributed by atoms with Crippen molar-refractivity contribution in [1.29, 1.82) is 0 Å². The normalized spacial score (nSPS) is 21.4. The number of anilines is 1. The summed E-state index contributed by atoms with van der Waals surface area (Å²) in [4.78, 5) is 17.3. The second kappa shape index (κ2) is 9.29. The van der Waals surface area contributed by atoms with Crippen molar-refractivity contribution in [3.63, 3.8) is 0 Å². The molecule has 3 atom stereocenters. The fourth-order valence-electron chi connectivity index (χ4n) is 4.11. The molecule has 34 heavy (non-hydrogen) atoms. The van der Waals surface area contributed by atoms with Crippen molar-refractivity contribution in [2.45, 2.75) is 49.5 Å². The van der Waals surface area contributed by atoms with Crippen LogP contribution in [0.15, 0.2) is 45.8 Å². The van der Waals surface area contributed by atoms with Gasteiger partial charge in [0.2, 0.25) is 5.88 Å². The van der Waals surface area contributed by atoms with E-state index in [4.69, 9.17) is 9.88 Å². The van der Waals surface area contributed by atoms with Crippen LogP contribution in [0.1, 0.15) is 31.4 Å². The van der Waals surface area contributed by atoms with Gasteiger partial charge in [0.15, 0.2) is 0 Å². The van der Waals surface area contributed by atoms with E-state index in [-0.39, 0.29) is 0 Å². The third-order valence-corrected chi connectivity index (χ3v) is 9.62. The molecule has 0 spiro atoms. The number of allylic oxidation sites excluding steroid dienone is 1. The van der Waals surface area contributed by atoms with Gasteiger partial charge in [0.05, 0.1) is 18.4 Å². The smallest absolute Gasteiger partial charge is 0.354 e. The van der Waals surface area contributed by atoms with E-state index in [0.29, 0.717) is 16.5 Å². The summed E-state index contributed by atoms with van der Waals surface area (Å²) < 4.78 is 35.3. The number of amides is 2. The Kier molecular flexibility index (Phi) is 6.74. The second-order valence-corrected chi connectivity index (χ2v) is 12.1. The Hall–Kier alpha value is -2.47. The molecule has 2 aromatic rings. The van der Waals surface area contributed by atoms with Gasteiger partial charge < -0.3 is 15.2 Å². The number of rotatable bonds is 5. The van der Waals surface area contributed by atoms with Gasteiger partial charge >= 0.3 is 6.03 Å². The van der Waals surface area contributed by atoms with Crippen LogP contribution in [0.2, 0.25) is 0 Å². The zero-order valence-corrected chi connectivity index (χ0v) is 20.7. The minimum absolute atomic E-state index is 0.300. The van der Waals surface area contributed by atoms with E-state index in [9.17, 15) is 18.5 Å². The van der Waals surface area contributed by atoms with Crippen molar-refractivity contribution in [2.24, 2.45) is 9.50 Å². The number of methoxy groups -OCH3 is 1. The summed E-state index contributed by atoms with van der Waals surface area (Å²) in [6.45, 7) is 2.99. The number of pyridine rings is 1. The number of fused-ring (bicyclic) bond motifs is 1. The van der Waals surface area contributed by atoms with Crippen LogP contribution in [0, 0.1) is 0 Å². The van der Waals surface area contributed by atoms with E-state index in [0.717, 1.165) is 53.3 Å². The minimum Gasteiger partial charge on any atom is -0.481 e. The number of aliphatic hydroxyl groups is 1. The molecular weight excluding hydrogens is 479 g/mol. The summed E-state index contributed by atoms with van der Waals surface area (Å²) in [7, 11) is -2.25. The summed E-state index contributed by atoms with van der Waals surface area (Å²) in [5.74, 6) is 0.423. The Bertz CT molecular complexity index is 1280. The molecule has 3 unspecified atom stereocenters. The number of thioether (sulfide) groups is 1. The van der Waals surface area contributed by atoms with Crippen molar-refractivity contribution in [2.75, 3.05) is 12.4 Å². The highest BCUT2D eigenvalue weighted by Crippen LogP contribution is 2.43. The molecular formula is C23H27FN4O4S2. The second-order valence-electron chi connectivity index (χ2n) is 8.72. The molecule has 0 saturated heterocycles. The number of aryl methyl sites for hydroxylation is 1. The van der Waals surface area contributed by atoms with Gasteiger partial charge in [-0.1, -0.05) is 12.1 Å². The summed E-state index contributed by atoms with van der Waals surface area (Å²) >= 11 is 0.846. The molecule has 4 rings (SSSR count). The Morgan fingerprint density at radius 1 is 1.38 bits per heavy atom. The maximum atomic E-state index is 14.6. The Labute approximate surface area is 202 Å². The molecule has 2 amide bonds. The number of carbonyl (C=O) groups is 1. The van der Waals surface area contributed by atoms with Crippen LogP contribution < -0.4 is 15.2 Å². The molecule has 8 nitrogen and oxygen atoms in total. The number of carbonyl (C=O) groups excluding carboxylic acids is 1. The fourth-order valence-corrected chi connectivity index (χ4v) is 6.91. The first-order chi connectivity index (χ1) is 16.0. The first-order valence-corrected chi connectivity index (χ1v) is 13.3. The fraction of sp³-hybridized carbons (Fsp3) is 0.391. The first-order valence-electron chi connectivity index (χ1n) is 10.7. The predicted molar refractivity (Wildman–Crippen MR) is 133 cm³/mol. The molecule has 182 valence electrons. The minimum atomic E-state index is -3.77. The van der Waals surface area contributed by atoms with E-state index in [1.165, 1.54) is 27.0 Å². The molecule has 1 aromatic carbocycles. The van der Waals surface area contributed by atoms with Crippen molar-refractivity contribution >= 4 is 33.4 Å². The van der Waals surface area contributed by atoms with Crippen molar-refractivity contribution in [1.82, 2.24) is 4.98 Å². The molecule has 0 saturated carbocycles. The van der Waals surface area contributed by atoms with Gasteiger partial charge in [-0.25, -0.2) is 23.5 Å². The Morgan fingerprint density at radius 2 is 2.15 bits per heavy atom. The molecule has 0 radical (unpaired) electrons. The monoisotopic (exact) mass is 506 g/mol. The van der Waals surface area contributed by atoms with Gasteiger partial charge in [-0.15, -0.1) is 16.1 Å². The highest BCUT2D eigenvalue weighted by Gasteiger charge is 2.40. The summed E-state index contributed by atoms with van der Waals surface area (Å²) in [6.07, 6.45) is 3.67. The largest absolute Gasteiger partial charge is 0.481 e. The molecule has 2 aliphatic rings. The quantitative estimate of drug-likeness (QED) is 0.558. The lowest BCUT2D eigenvalue weighted by Gasteiger charge is -2.20. The maximum Gasteiger partial charge on any atom is 0.354 e. The number of nitrogens with two attached hydrogens (primary N) is 1. The van der Waals surface area contributed by atoms with Crippen LogP contribution in [0.3, 0.4) is 0 Å². The van der Waals surface area contributed by atoms with E-state index in [2.05, 4.69) is 14.7 Å². The van der Waals surface area contributed by atoms with Gasteiger partial charge in [-0.2, -0.15) is 0 Å². The third-order valence-electron chi connectivity index (χ3n) is 5.74. The number of benzene rings is 1. The van der Waals surface area contributed by atoms with Crippen LogP contribution in [0.4, 0.5) is 14.9 Å². The number of ether oxygens (including phenoxy) is 1. The van der Waals surface area contributed by atoms with Gasteiger partial charge in [0, 0.05) is 22.7 Å². The van der Waals surface area contributed by atoms with Crippen LogP contribution >= 0.6 is 11.8 Å². The molecule has 4 N–H and O–H groups in total. The van der Waals surface area contributed by atoms with Crippen LogP contribution in [-0.2, 0) is 22.8 Å². The zero-order valence-electron chi connectivity index (χ0n) is 19.1. The number of halogens is 1. The van der Waals surface area contributed by atoms with E-state index >= 15 is 0 Å². The lowest BCUT2D eigenvalue weighted by molar-refractivity contribution is 0.128. The van der Waals surface area contributed by atoms with Crippen molar-refractivity contribution in [3.8, 4) is 17.0 Å². The average molecular weight is 507 g/mol. The topological polar surface area (TPSA) is 127 Å². The Balaban J connectivity index is 1.66. The SMILES string of the molecule is COc1cc(-c2ccc3c(c2NC(=O)N=S(N)(=O)C2SC(C(C)(C)O)=CC2F)CCC3)ccn1. The number of hydrogen-bond donors (Lipinski definition) is 3. The van der Waals surface area contributed by atoms with Crippen LogP contribution in [-0.4, -0.2) is 43.8 Å². The van der Waals surface area contributed by atoms with Crippen LogP contribution in [0.5, 0.6) is 5.88 Å². The number of aromatic nitrogens is 1.